The van der Waals surface area contributed by atoms with Crippen molar-refractivity contribution in [3.63, 3.8) is 0 Å². The second kappa shape index (κ2) is 7.33. The van der Waals surface area contributed by atoms with Gasteiger partial charge in [0.15, 0.2) is 19.7 Å². The fourth-order valence-electron chi connectivity index (χ4n) is 2.88. The molecule has 1 aromatic rings. The van der Waals surface area contributed by atoms with E-state index in [9.17, 15) is 21.6 Å². The van der Waals surface area contributed by atoms with Gasteiger partial charge in [-0.2, -0.15) is 0 Å². The lowest BCUT2D eigenvalue weighted by molar-refractivity contribution is -0.121. The Kier molecular flexibility index (Phi) is 5.78. The maximum absolute atomic E-state index is 12.1. The second-order valence-corrected chi connectivity index (χ2v) is 10.4. The summed E-state index contributed by atoms with van der Waals surface area (Å²) in [7, 11) is -7.07. The number of nitrogens with zero attached hydrogens (tertiary/aromatic N) is 1. The molecule has 9 heteroatoms. The van der Waals surface area contributed by atoms with Crippen LogP contribution in [0.2, 0.25) is 0 Å². The van der Waals surface area contributed by atoms with Crippen molar-refractivity contribution in [1.29, 1.82) is 0 Å². The maximum Gasteiger partial charge on any atom is 0.219 e. The molecule has 25 heavy (non-hydrogen) atoms. The molecule has 1 amide bonds. The highest BCUT2D eigenvalue weighted by atomic mass is 32.2. The Morgan fingerprint density at radius 1 is 1.12 bits per heavy atom. The molecule has 7 nitrogen and oxygen atoms in total. The molecule has 1 heterocycles. The molecular weight excluding hydrogens is 364 g/mol. The Morgan fingerprint density at radius 2 is 1.72 bits per heavy atom. The van der Waals surface area contributed by atoms with E-state index in [0.717, 1.165) is 12.5 Å². The van der Waals surface area contributed by atoms with Crippen LogP contribution in [-0.4, -0.2) is 54.4 Å². The standard InChI is InChI=1S/C16H24N2O5S2/c1-4-16(19)17-12-7-9-18(10-8-12)14-6-5-13(24(2,20)21)11-15(14)25(3,22)23/h5-6,11-12H,4,7-10H2,1-3H3,(H,17,19). The smallest absolute Gasteiger partial charge is 0.219 e. The van der Waals surface area contributed by atoms with Crippen molar-refractivity contribution in [2.24, 2.45) is 0 Å². The van der Waals surface area contributed by atoms with Gasteiger partial charge in [0.2, 0.25) is 5.91 Å². The zero-order valence-corrected chi connectivity index (χ0v) is 16.3. The summed E-state index contributed by atoms with van der Waals surface area (Å²) in [5.74, 6) is 0.00720. The molecule has 0 saturated carbocycles. The van der Waals surface area contributed by atoms with Crippen LogP contribution in [0.3, 0.4) is 0 Å². The topological polar surface area (TPSA) is 101 Å². The summed E-state index contributed by atoms with van der Waals surface area (Å²) in [6.45, 7) is 2.98. The predicted molar refractivity (Wildman–Crippen MR) is 96.3 cm³/mol. The Hall–Kier alpha value is -1.61. The summed E-state index contributed by atoms with van der Waals surface area (Å²) in [6.07, 6.45) is 3.99. The number of hydrogen-bond acceptors (Lipinski definition) is 6. The van der Waals surface area contributed by atoms with Gasteiger partial charge in [-0.3, -0.25) is 4.79 Å². The highest BCUT2D eigenvalue weighted by molar-refractivity contribution is 7.91. The van der Waals surface area contributed by atoms with E-state index in [1.54, 1.807) is 13.0 Å². The Morgan fingerprint density at radius 3 is 2.20 bits per heavy atom. The maximum atomic E-state index is 12.1. The molecule has 0 aliphatic carbocycles. The van der Waals surface area contributed by atoms with Crippen LogP contribution in [0.5, 0.6) is 0 Å². The summed E-state index contributed by atoms with van der Waals surface area (Å²) in [5, 5.41) is 2.95. The second-order valence-electron chi connectivity index (χ2n) is 6.36. The van der Waals surface area contributed by atoms with Crippen molar-refractivity contribution in [3.05, 3.63) is 18.2 Å². The molecule has 1 saturated heterocycles. The molecule has 1 fully saturated rings. The molecule has 0 unspecified atom stereocenters. The lowest BCUT2D eigenvalue weighted by Gasteiger charge is -2.34. The third-order valence-electron chi connectivity index (χ3n) is 4.28. The molecule has 0 aromatic heterocycles. The van der Waals surface area contributed by atoms with Gasteiger partial charge in [-0.1, -0.05) is 6.92 Å². The van der Waals surface area contributed by atoms with Crippen molar-refractivity contribution in [1.82, 2.24) is 5.32 Å². The molecule has 0 radical (unpaired) electrons. The number of carbonyl (C=O) groups is 1. The molecule has 2 rings (SSSR count). The summed E-state index contributed by atoms with van der Waals surface area (Å²) in [6, 6.07) is 4.30. The van der Waals surface area contributed by atoms with Gasteiger partial charge in [-0.25, -0.2) is 16.8 Å². The molecule has 0 bridgehead atoms. The number of nitrogens with one attached hydrogen (secondary N) is 1. The molecule has 140 valence electrons. The quantitative estimate of drug-likeness (QED) is 0.807. The molecule has 1 aromatic carbocycles. The third kappa shape index (κ3) is 4.94. The average Bonchev–Trinajstić information content (AvgIpc) is 2.53. The van der Waals surface area contributed by atoms with Crippen molar-refractivity contribution in [2.75, 3.05) is 30.5 Å². The highest BCUT2D eigenvalue weighted by Gasteiger charge is 2.25. The number of sulfone groups is 2. The van der Waals surface area contributed by atoms with E-state index < -0.39 is 19.7 Å². The van der Waals surface area contributed by atoms with Gasteiger partial charge < -0.3 is 10.2 Å². The van der Waals surface area contributed by atoms with Crippen molar-refractivity contribution in [2.45, 2.75) is 42.0 Å². The summed E-state index contributed by atoms with van der Waals surface area (Å²) < 4.78 is 47.7. The van der Waals surface area contributed by atoms with E-state index in [-0.39, 0.29) is 21.7 Å². The molecule has 0 atom stereocenters. The molecule has 0 spiro atoms. The van der Waals surface area contributed by atoms with E-state index >= 15 is 0 Å². The largest absolute Gasteiger partial charge is 0.370 e. The number of rotatable bonds is 5. The number of benzene rings is 1. The predicted octanol–water partition coefficient (Wildman–Crippen LogP) is 0.989. The monoisotopic (exact) mass is 388 g/mol. The van der Waals surface area contributed by atoms with Crippen LogP contribution >= 0.6 is 0 Å². The van der Waals surface area contributed by atoms with Crippen molar-refractivity contribution < 1.29 is 21.6 Å². The third-order valence-corrected chi connectivity index (χ3v) is 6.52. The van der Waals surface area contributed by atoms with Crippen LogP contribution in [0.4, 0.5) is 5.69 Å². The number of amides is 1. The first-order chi connectivity index (χ1) is 11.5. The van der Waals surface area contributed by atoms with Crippen LogP contribution < -0.4 is 10.2 Å². The number of anilines is 1. The van der Waals surface area contributed by atoms with Crippen molar-refractivity contribution >= 4 is 31.3 Å². The van der Waals surface area contributed by atoms with E-state index in [2.05, 4.69) is 5.32 Å². The first kappa shape index (κ1) is 19.7. The van der Waals surface area contributed by atoms with Gasteiger partial charge in [0, 0.05) is 38.1 Å². The molecule has 1 aliphatic heterocycles. The minimum absolute atomic E-state index is 0.00720. The van der Waals surface area contributed by atoms with E-state index in [1.807, 2.05) is 4.90 Å². The SMILES string of the molecule is CCC(=O)NC1CCN(c2ccc(S(C)(=O)=O)cc2S(C)(=O)=O)CC1. The normalized spacial score (nSPS) is 16.7. The molecule has 1 aliphatic rings. The van der Waals surface area contributed by atoms with Gasteiger partial charge >= 0.3 is 0 Å². The summed E-state index contributed by atoms with van der Waals surface area (Å²) in [4.78, 5) is 13.4. The number of carbonyl (C=O) groups excluding carboxylic acids is 1. The fraction of sp³-hybridized carbons (Fsp3) is 0.562. The Bertz CT molecular complexity index is 855. The van der Waals surface area contributed by atoms with Crippen LogP contribution in [0.15, 0.2) is 28.0 Å². The van der Waals surface area contributed by atoms with Crippen molar-refractivity contribution in [3.8, 4) is 0 Å². The van der Waals surface area contributed by atoms with E-state index in [4.69, 9.17) is 0 Å². The lowest BCUT2D eigenvalue weighted by atomic mass is 10.0. The van der Waals surface area contributed by atoms with Crippen LogP contribution in [0.25, 0.3) is 0 Å². The zero-order valence-electron chi connectivity index (χ0n) is 14.6. The average molecular weight is 389 g/mol. The Labute approximate surface area is 149 Å². The first-order valence-corrected chi connectivity index (χ1v) is 11.9. The van der Waals surface area contributed by atoms with Gasteiger partial charge in [-0.05, 0) is 31.0 Å². The minimum Gasteiger partial charge on any atom is -0.370 e. The fourth-order valence-corrected chi connectivity index (χ4v) is 4.52. The van der Waals surface area contributed by atoms with Crippen LogP contribution in [0, 0.1) is 0 Å². The van der Waals surface area contributed by atoms with Gasteiger partial charge in [-0.15, -0.1) is 0 Å². The van der Waals surface area contributed by atoms with E-state index in [0.29, 0.717) is 38.0 Å². The zero-order chi connectivity index (χ0) is 18.8. The highest BCUT2D eigenvalue weighted by Crippen LogP contribution is 2.30. The van der Waals surface area contributed by atoms with Gasteiger partial charge in [0.05, 0.1) is 15.5 Å². The minimum atomic E-state index is -3.58. The summed E-state index contributed by atoms with van der Waals surface area (Å²) >= 11 is 0. The van der Waals surface area contributed by atoms with Gasteiger partial charge in [0.25, 0.3) is 0 Å². The van der Waals surface area contributed by atoms with Gasteiger partial charge in [0.1, 0.15) is 0 Å². The number of piperidine rings is 1. The lowest BCUT2D eigenvalue weighted by Crippen LogP contribution is -2.44. The van der Waals surface area contributed by atoms with E-state index in [1.165, 1.54) is 12.1 Å². The number of hydrogen-bond donors (Lipinski definition) is 1. The van der Waals surface area contributed by atoms with Crippen LogP contribution in [0.1, 0.15) is 26.2 Å². The Balaban J connectivity index is 2.27. The summed E-state index contributed by atoms with van der Waals surface area (Å²) in [5.41, 5.74) is 0.509. The molecular formula is C16H24N2O5S2. The van der Waals surface area contributed by atoms with Crippen LogP contribution in [-0.2, 0) is 24.5 Å². The molecule has 1 N–H and O–H groups in total. The first-order valence-electron chi connectivity index (χ1n) is 8.11.